The van der Waals surface area contributed by atoms with E-state index in [9.17, 15) is 9.90 Å². The molecule has 3 N–H and O–H groups in total. The van der Waals surface area contributed by atoms with Gasteiger partial charge in [-0.15, -0.1) is 11.8 Å². The molecule has 0 unspecified atom stereocenters. The number of thioether (sulfide) groups is 1. The van der Waals surface area contributed by atoms with Crippen LogP contribution >= 0.6 is 11.8 Å². The maximum atomic E-state index is 11.1. The molecule has 1 saturated heterocycles. The highest BCUT2D eigenvalue weighted by atomic mass is 32.2. The van der Waals surface area contributed by atoms with Crippen LogP contribution < -0.4 is 5.32 Å². The first-order valence-electron chi connectivity index (χ1n) is 5.36. The standard InChI is InChI=1S/C12H15NO3S/c1-12(2)9(11(15)16)13-10(17-12)7-5-3-4-6-8(7)14/h3-6,9-10,13-14H,1-2H3,(H,15,16)/t9-,10+/m1/s1. The average molecular weight is 253 g/mol. The summed E-state index contributed by atoms with van der Waals surface area (Å²) >= 11 is 1.52. The maximum absolute atomic E-state index is 11.1. The van der Waals surface area contributed by atoms with E-state index in [1.165, 1.54) is 11.8 Å². The van der Waals surface area contributed by atoms with Crippen LogP contribution in [-0.2, 0) is 4.79 Å². The molecular formula is C12H15NO3S. The number of para-hydroxylation sites is 1. The molecule has 0 saturated carbocycles. The molecule has 0 bridgehead atoms. The zero-order valence-electron chi connectivity index (χ0n) is 9.68. The summed E-state index contributed by atoms with van der Waals surface area (Å²) in [6, 6.07) is 6.38. The monoisotopic (exact) mass is 253 g/mol. The van der Waals surface area contributed by atoms with E-state index in [0.717, 1.165) is 5.56 Å². The lowest BCUT2D eigenvalue weighted by Crippen LogP contribution is -2.43. The molecule has 1 aliphatic rings. The molecular weight excluding hydrogens is 238 g/mol. The smallest absolute Gasteiger partial charge is 0.322 e. The fourth-order valence-corrected chi connectivity index (χ4v) is 3.43. The van der Waals surface area contributed by atoms with Crippen molar-refractivity contribution in [1.82, 2.24) is 5.32 Å². The zero-order chi connectivity index (χ0) is 12.6. The quantitative estimate of drug-likeness (QED) is 0.751. The van der Waals surface area contributed by atoms with Gasteiger partial charge in [0.25, 0.3) is 0 Å². The Bertz CT molecular complexity index is 447. The number of rotatable bonds is 2. The summed E-state index contributed by atoms with van der Waals surface area (Å²) in [5, 5.41) is 21.8. The van der Waals surface area contributed by atoms with Gasteiger partial charge in [0.15, 0.2) is 0 Å². The van der Waals surface area contributed by atoms with E-state index in [-0.39, 0.29) is 11.1 Å². The minimum Gasteiger partial charge on any atom is -0.508 e. The Hall–Kier alpha value is -1.20. The van der Waals surface area contributed by atoms with Crippen molar-refractivity contribution in [2.24, 2.45) is 0 Å². The average Bonchev–Trinajstić information content (AvgIpc) is 2.55. The fourth-order valence-electron chi connectivity index (χ4n) is 1.99. The lowest BCUT2D eigenvalue weighted by atomic mass is 10.0. The number of carboxylic acids is 1. The number of benzene rings is 1. The molecule has 92 valence electrons. The van der Waals surface area contributed by atoms with Gasteiger partial charge >= 0.3 is 5.97 Å². The van der Waals surface area contributed by atoms with Crippen LogP contribution in [0.25, 0.3) is 0 Å². The molecule has 5 heteroatoms. The second-order valence-corrected chi connectivity index (χ2v) is 6.36. The summed E-state index contributed by atoms with van der Waals surface area (Å²) in [6.45, 7) is 3.78. The number of carboxylic acid groups (broad SMARTS) is 1. The van der Waals surface area contributed by atoms with Gasteiger partial charge in [0.05, 0.1) is 5.37 Å². The number of hydrogen-bond donors (Lipinski definition) is 3. The predicted molar refractivity (Wildman–Crippen MR) is 67.1 cm³/mol. The first-order chi connectivity index (χ1) is 7.92. The van der Waals surface area contributed by atoms with Crippen LogP contribution in [0.15, 0.2) is 24.3 Å². The second kappa shape index (κ2) is 4.23. The molecule has 1 aromatic rings. The minimum absolute atomic E-state index is 0.188. The molecule has 0 amide bonds. The van der Waals surface area contributed by atoms with Crippen molar-refractivity contribution in [3.8, 4) is 5.75 Å². The van der Waals surface area contributed by atoms with Crippen LogP contribution in [0.3, 0.4) is 0 Å². The predicted octanol–water partition coefficient (Wildman–Crippen LogP) is 1.96. The summed E-state index contributed by atoms with van der Waals surface area (Å²) in [4.78, 5) is 11.1. The Labute approximate surface area is 104 Å². The Morgan fingerprint density at radius 1 is 1.41 bits per heavy atom. The Morgan fingerprint density at radius 2 is 2.06 bits per heavy atom. The van der Waals surface area contributed by atoms with E-state index in [1.807, 2.05) is 19.9 Å². The van der Waals surface area contributed by atoms with E-state index in [1.54, 1.807) is 18.2 Å². The van der Waals surface area contributed by atoms with Gasteiger partial charge in [-0.2, -0.15) is 0 Å². The number of carbonyl (C=O) groups is 1. The van der Waals surface area contributed by atoms with Gasteiger partial charge in [0.2, 0.25) is 0 Å². The summed E-state index contributed by atoms with van der Waals surface area (Å²) < 4.78 is -0.404. The Balaban J connectivity index is 2.28. The number of aromatic hydroxyl groups is 1. The van der Waals surface area contributed by atoms with E-state index >= 15 is 0 Å². The highest BCUT2D eigenvalue weighted by molar-refractivity contribution is 8.01. The summed E-state index contributed by atoms with van der Waals surface area (Å²) in [7, 11) is 0. The van der Waals surface area contributed by atoms with Crippen molar-refractivity contribution in [2.45, 2.75) is 30.0 Å². The molecule has 1 fully saturated rings. The van der Waals surface area contributed by atoms with Crippen LogP contribution in [0.2, 0.25) is 0 Å². The normalized spacial score (nSPS) is 26.9. The number of phenols is 1. The molecule has 2 atom stereocenters. The van der Waals surface area contributed by atoms with Crippen molar-refractivity contribution >= 4 is 17.7 Å². The SMILES string of the molecule is CC1(C)S[C@@H](c2ccccc2O)N[C@@H]1C(=O)O. The molecule has 2 rings (SSSR count). The Kier molecular flexibility index (Phi) is 3.05. The van der Waals surface area contributed by atoms with Crippen molar-refractivity contribution in [1.29, 1.82) is 0 Å². The molecule has 0 radical (unpaired) electrons. The Morgan fingerprint density at radius 3 is 2.59 bits per heavy atom. The maximum Gasteiger partial charge on any atom is 0.322 e. The minimum atomic E-state index is -0.861. The molecule has 4 nitrogen and oxygen atoms in total. The van der Waals surface area contributed by atoms with Crippen molar-refractivity contribution in [2.75, 3.05) is 0 Å². The van der Waals surface area contributed by atoms with E-state index < -0.39 is 16.8 Å². The van der Waals surface area contributed by atoms with E-state index in [4.69, 9.17) is 5.11 Å². The largest absolute Gasteiger partial charge is 0.508 e. The number of hydrogen-bond acceptors (Lipinski definition) is 4. The third-order valence-corrected chi connectivity index (χ3v) is 4.37. The van der Waals surface area contributed by atoms with Gasteiger partial charge in [-0.05, 0) is 19.9 Å². The van der Waals surface area contributed by atoms with E-state index in [0.29, 0.717) is 0 Å². The molecule has 1 aliphatic heterocycles. The zero-order valence-corrected chi connectivity index (χ0v) is 10.5. The lowest BCUT2D eigenvalue weighted by Gasteiger charge is -2.20. The third kappa shape index (κ3) is 2.25. The first kappa shape index (κ1) is 12.3. The molecule has 0 spiro atoms. The van der Waals surface area contributed by atoms with Gasteiger partial charge in [-0.1, -0.05) is 18.2 Å². The van der Waals surface area contributed by atoms with Crippen LogP contribution in [0.4, 0.5) is 0 Å². The number of phenolic OH excluding ortho intramolecular Hbond substituents is 1. The van der Waals surface area contributed by atoms with Crippen LogP contribution in [-0.4, -0.2) is 27.0 Å². The van der Waals surface area contributed by atoms with Crippen molar-refractivity contribution in [3.63, 3.8) is 0 Å². The third-order valence-electron chi connectivity index (χ3n) is 2.90. The summed E-state index contributed by atoms with van der Waals surface area (Å²) in [5.74, 6) is -0.667. The lowest BCUT2D eigenvalue weighted by molar-refractivity contribution is -0.139. The number of nitrogens with one attached hydrogen (secondary N) is 1. The van der Waals surface area contributed by atoms with Crippen molar-refractivity contribution in [3.05, 3.63) is 29.8 Å². The topological polar surface area (TPSA) is 69.6 Å². The van der Waals surface area contributed by atoms with Crippen LogP contribution in [0.1, 0.15) is 24.8 Å². The molecule has 0 aliphatic carbocycles. The van der Waals surface area contributed by atoms with Gasteiger partial charge in [0.1, 0.15) is 11.8 Å². The van der Waals surface area contributed by atoms with E-state index in [2.05, 4.69) is 5.32 Å². The van der Waals surface area contributed by atoms with Gasteiger partial charge in [0, 0.05) is 10.3 Å². The van der Waals surface area contributed by atoms with Crippen LogP contribution in [0.5, 0.6) is 5.75 Å². The molecule has 1 aromatic carbocycles. The van der Waals surface area contributed by atoms with Crippen LogP contribution in [0, 0.1) is 0 Å². The fraction of sp³-hybridized carbons (Fsp3) is 0.417. The van der Waals surface area contributed by atoms with Gasteiger partial charge in [-0.25, -0.2) is 0 Å². The molecule has 17 heavy (non-hydrogen) atoms. The number of aliphatic carboxylic acids is 1. The highest BCUT2D eigenvalue weighted by Crippen LogP contribution is 2.47. The summed E-state index contributed by atoms with van der Waals surface area (Å²) in [5.41, 5.74) is 0.731. The first-order valence-corrected chi connectivity index (χ1v) is 6.24. The van der Waals surface area contributed by atoms with Crippen molar-refractivity contribution < 1.29 is 15.0 Å². The van der Waals surface area contributed by atoms with Gasteiger partial charge < -0.3 is 10.2 Å². The summed E-state index contributed by atoms with van der Waals surface area (Å²) in [6.07, 6.45) is 0. The second-order valence-electron chi connectivity index (χ2n) is 4.60. The molecule has 1 heterocycles. The highest BCUT2D eigenvalue weighted by Gasteiger charge is 2.46. The molecule has 0 aromatic heterocycles. The van der Waals surface area contributed by atoms with Gasteiger partial charge in [-0.3, -0.25) is 10.1 Å².